The fraction of sp³-hybridized carbons (Fsp3) is 0.214. The molecule has 0 aliphatic carbocycles. The molecule has 0 bridgehead atoms. The van der Waals surface area contributed by atoms with Crippen molar-refractivity contribution in [3.8, 4) is 0 Å². The van der Waals surface area contributed by atoms with Crippen LogP contribution in [-0.4, -0.2) is 13.4 Å². The predicted molar refractivity (Wildman–Crippen MR) is 79.3 cm³/mol. The third-order valence-electron chi connectivity index (χ3n) is 2.87. The summed E-state index contributed by atoms with van der Waals surface area (Å²) in [5, 5.41) is 0. The van der Waals surface area contributed by atoms with E-state index >= 15 is 0 Å². The molecule has 0 fully saturated rings. The van der Waals surface area contributed by atoms with E-state index in [-0.39, 0.29) is 11.8 Å². The molecular formula is C14H17N3O2S. The molecule has 106 valence electrons. The Hall–Kier alpha value is -1.92. The number of hydrogen-bond acceptors (Lipinski definition) is 4. The van der Waals surface area contributed by atoms with Gasteiger partial charge in [-0.25, -0.2) is 13.1 Å². The number of rotatable bonds is 5. The third kappa shape index (κ3) is 4.04. The second-order valence-electron chi connectivity index (χ2n) is 4.62. The van der Waals surface area contributed by atoms with Gasteiger partial charge in [0.25, 0.3) is 0 Å². The normalized spacial score (nSPS) is 13.1. The van der Waals surface area contributed by atoms with Gasteiger partial charge in [0.15, 0.2) is 0 Å². The van der Waals surface area contributed by atoms with E-state index in [9.17, 15) is 8.42 Å². The summed E-state index contributed by atoms with van der Waals surface area (Å²) >= 11 is 0. The van der Waals surface area contributed by atoms with Crippen molar-refractivity contribution < 1.29 is 8.42 Å². The Morgan fingerprint density at radius 2 is 1.95 bits per heavy atom. The summed E-state index contributed by atoms with van der Waals surface area (Å²) in [5.74, 6) is -0.0898. The summed E-state index contributed by atoms with van der Waals surface area (Å²) in [6.45, 7) is 1.80. The lowest BCUT2D eigenvalue weighted by molar-refractivity contribution is 0.566. The van der Waals surface area contributed by atoms with Crippen molar-refractivity contribution in [1.29, 1.82) is 0 Å². The van der Waals surface area contributed by atoms with E-state index in [0.717, 1.165) is 5.56 Å². The molecule has 0 saturated heterocycles. The molecular weight excluding hydrogens is 274 g/mol. The van der Waals surface area contributed by atoms with Crippen LogP contribution in [0.25, 0.3) is 0 Å². The van der Waals surface area contributed by atoms with Gasteiger partial charge in [-0.1, -0.05) is 12.1 Å². The summed E-state index contributed by atoms with van der Waals surface area (Å²) < 4.78 is 26.9. The highest BCUT2D eigenvalue weighted by Gasteiger charge is 2.16. The van der Waals surface area contributed by atoms with Crippen LogP contribution < -0.4 is 10.5 Å². The molecule has 2 aromatic rings. The highest BCUT2D eigenvalue weighted by molar-refractivity contribution is 7.88. The lowest BCUT2D eigenvalue weighted by atomic mass is 10.1. The zero-order valence-electron chi connectivity index (χ0n) is 11.2. The van der Waals surface area contributed by atoms with Gasteiger partial charge in [-0.15, -0.1) is 0 Å². The Bertz CT molecular complexity index is 672. The summed E-state index contributed by atoms with van der Waals surface area (Å²) in [6, 6.07) is 10.1. The smallest absolute Gasteiger partial charge is 0.216 e. The molecule has 1 unspecified atom stereocenters. The maximum Gasteiger partial charge on any atom is 0.216 e. The van der Waals surface area contributed by atoms with E-state index in [1.807, 2.05) is 0 Å². The first-order valence-corrected chi connectivity index (χ1v) is 7.86. The first-order chi connectivity index (χ1) is 9.46. The van der Waals surface area contributed by atoms with Crippen LogP contribution in [-0.2, 0) is 15.8 Å². The van der Waals surface area contributed by atoms with Crippen molar-refractivity contribution in [1.82, 2.24) is 9.71 Å². The quantitative estimate of drug-likeness (QED) is 0.823. The van der Waals surface area contributed by atoms with Gasteiger partial charge >= 0.3 is 0 Å². The van der Waals surface area contributed by atoms with Crippen molar-refractivity contribution >= 4 is 15.7 Å². The predicted octanol–water partition coefficient (Wildman–Crippen LogP) is 1.84. The van der Waals surface area contributed by atoms with Crippen LogP contribution in [0.15, 0.2) is 48.8 Å². The molecule has 0 spiro atoms. The first-order valence-electron chi connectivity index (χ1n) is 6.20. The Labute approximate surface area is 118 Å². The molecule has 6 heteroatoms. The number of nitrogens with zero attached hydrogens (tertiary/aromatic N) is 1. The highest BCUT2D eigenvalue weighted by Crippen LogP contribution is 2.15. The molecule has 0 aliphatic heterocycles. The molecule has 0 radical (unpaired) electrons. The van der Waals surface area contributed by atoms with Gasteiger partial charge in [-0.05, 0) is 42.3 Å². The van der Waals surface area contributed by atoms with Gasteiger partial charge < -0.3 is 5.73 Å². The number of anilines is 1. The van der Waals surface area contributed by atoms with Gasteiger partial charge in [-0.3, -0.25) is 4.98 Å². The standard InChI is InChI=1S/C14H17N3O2S/c1-11(13-5-7-16-8-6-13)17-20(18,19)10-12-3-2-4-14(15)9-12/h2-9,11,17H,10,15H2,1H3. The summed E-state index contributed by atoms with van der Waals surface area (Å²) in [5.41, 5.74) is 7.74. The second-order valence-corrected chi connectivity index (χ2v) is 6.38. The maximum absolute atomic E-state index is 12.1. The average Bonchev–Trinajstić information content (AvgIpc) is 2.38. The van der Waals surface area contributed by atoms with Crippen molar-refractivity contribution in [2.45, 2.75) is 18.7 Å². The molecule has 20 heavy (non-hydrogen) atoms. The maximum atomic E-state index is 12.1. The number of nitrogens with two attached hydrogens (primary N) is 1. The molecule has 0 saturated carbocycles. The number of aromatic nitrogens is 1. The topological polar surface area (TPSA) is 85.1 Å². The Morgan fingerprint density at radius 3 is 2.60 bits per heavy atom. The zero-order chi connectivity index (χ0) is 14.6. The minimum atomic E-state index is -3.42. The van der Waals surface area contributed by atoms with Crippen LogP contribution in [0.3, 0.4) is 0 Å². The number of nitrogen functional groups attached to an aromatic ring is 1. The van der Waals surface area contributed by atoms with Crippen molar-refractivity contribution in [3.05, 3.63) is 59.9 Å². The van der Waals surface area contributed by atoms with Crippen molar-refractivity contribution in [3.63, 3.8) is 0 Å². The molecule has 1 heterocycles. The second kappa shape index (κ2) is 6.02. The molecule has 5 nitrogen and oxygen atoms in total. The fourth-order valence-electron chi connectivity index (χ4n) is 1.93. The van der Waals surface area contributed by atoms with Crippen molar-refractivity contribution in [2.75, 3.05) is 5.73 Å². The summed E-state index contributed by atoms with van der Waals surface area (Å²) in [7, 11) is -3.42. The van der Waals surface area contributed by atoms with E-state index in [4.69, 9.17) is 5.73 Å². The van der Waals surface area contributed by atoms with Crippen LogP contribution in [0.2, 0.25) is 0 Å². The Kier molecular flexibility index (Phi) is 4.36. The molecule has 3 N–H and O–H groups in total. The van der Waals surface area contributed by atoms with Gasteiger partial charge in [-0.2, -0.15) is 0 Å². The Balaban J connectivity index is 2.08. The van der Waals surface area contributed by atoms with E-state index in [0.29, 0.717) is 11.3 Å². The van der Waals surface area contributed by atoms with Gasteiger partial charge in [0.2, 0.25) is 10.0 Å². The first kappa shape index (κ1) is 14.5. The number of benzene rings is 1. The van der Waals surface area contributed by atoms with Crippen LogP contribution in [0.5, 0.6) is 0 Å². The molecule has 1 aromatic heterocycles. The van der Waals surface area contributed by atoms with E-state index in [1.165, 1.54) is 0 Å². The lowest BCUT2D eigenvalue weighted by Gasteiger charge is -2.14. The Morgan fingerprint density at radius 1 is 1.25 bits per heavy atom. The van der Waals surface area contributed by atoms with Crippen LogP contribution in [0, 0.1) is 0 Å². The number of hydrogen-bond donors (Lipinski definition) is 2. The third-order valence-corrected chi connectivity index (χ3v) is 4.30. The number of sulfonamides is 1. The van der Waals surface area contributed by atoms with Gasteiger partial charge in [0.1, 0.15) is 0 Å². The van der Waals surface area contributed by atoms with Crippen LogP contribution in [0.1, 0.15) is 24.1 Å². The van der Waals surface area contributed by atoms with E-state index in [2.05, 4.69) is 9.71 Å². The summed E-state index contributed by atoms with van der Waals surface area (Å²) in [6.07, 6.45) is 3.27. The molecule has 2 rings (SSSR count). The molecule has 0 aliphatic rings. The summed E-state index contributed by atoms with van der Waals surface area (Å²) in [4.78, 5) is 3.91. The van der Waals surface area contributed by atoms with Gasteiger partial charge in [0, 0.05) is 24.1 Å². The number of nitrogens with one attached hydrogen (secondary N) is 1. The van der Waals surface area contributed by atoms with E-state index < -0.39 is 10.0 Å². The van der Waals surface area contributed by atoms with Crippen molar-refractivity contribution in [2.24, 2.45) is 0 Å². The minimum Gasteiger partial charge on any atom is -0.399 e. The average molecular weight is 291 g/mol. The zero-order valence-corrected chi connectivity index (χ0v) is 12.0. The molecule has 1 aromatic carbocycles. The van der Waals surface area contributed by atoms with Crippen LogP contribution in [0.4, 0.5) is 5.69 Å². The van der Waals surface area contributed by atoms with Gasteiger partial charge in [0.05, 0.1) is 5.75 Å². The molecule has 0 amide bonds. The lowest BCUT2D eigenvalue weighted by Crippen LogP contribution is -2.28. The minimum absolute atomic E-state index is 0.0898. The largest absolute Gasteiger partial charge is 0.399 e. The fourth-order valence-corrected chi connectivity index (χ4v) is 3.31. The van der Waals surface area contributed by atoms with Crippen LogP contribution >= 0.6 is 0 Å². The highest BCUT2D eigenvalue weighted by atomic mass is 32.2. The van der Waals surface area contributed by atoms with E-state index in [1.54, 1.807) is 55.7 Å². The number of pyridine rings is 1. The SMILES string of the molecule is CC(NS(=O)(=O)Cc1cccc(N)c1)c1ccncc1. The monoisotopic (exact) mass is 291 g/mol. The molecule has 1 atom stereocenters.